The maximum absolute atomic E-state index is 11.9. The lowest BCUT2D eigenvalue weighted by molar-refractivity contribution is 0.0953. The number of carbonyl (C=O) groups excluding carboxylic acids is 1. The van der Waals surface area contributed by atoms with Crippen LogP contribution in [0, 0.1) is 0 Å². The summed E-state index contributed by atoms with van der Waals surface area (Å²) in [5.41, 5.74) is 1.36. The molecule has 1 aromatic carbocycles. The molecule has 0 bridgehead atoms. The van der Waals surface area contributed by atoms with Crippen molar-refractivity contribution in [2.45, 2.75) is 6.42 Å². The molecule has 7 heteroatoms. The second-order valence-electron chi connectivity index (χ2n) is 4.75. The van der Waals surface area contributed by atoms with Crippen LogP contribution < -0.4 is 5.32 Å². The summed E-state index contributed by atoms with van der Waals surface area (Å²) in [6.07, 6.45) is 3.77. The molecule has 3 aromatic rings. The van der Waals surface area contributed by atoms with E-state index in [1.807, 2.05) is 0 Å². The van der Waals surface area contributed by atoms with Crippen molar-refractivity contribution in [3.63, 3.8) is 0 Å². The molecule has 23 heavy (non-hydrogen) atoms. The van der Waals surface area contributed by atoms with E-state index in [0.717, 1.165) is 5.56 Å². The number of rotatable bonds is 5. The molecule has 3 rings (SSSR count). The van der Waals surface area contributed by atoms with Crippen molar-refractivity contribution in [3.8, 4) is 11.5 Å². The van der Waals surface area contributed by atoms with Crippen molar-refractivity contribution < 1.29 is 9.21 Å². The molecule has 0 radical (unpaired) electrons. The zero-order valence-corrected chi connectivity index (χ0v) is 12.8. The first kappa shape index (κ1) is 15.2. The third kappa shape index (κ3) is 3.92. The summed E-state index contributed by atoms with van der Waals surface area (Å²) in [6, 6.07) is 10.3. The summed E-state index contributed by atoms with van der Waals surface area (Å²) in [7, 11) is 0. The molecule has 2 aromatic heterocycles. The molecule has 0 saturated heterocycles. The van der Waals surface area contributed by atoms with Crippen LogP contribution in [0.1, 0.15) is 16.2 Å². The number of nitrogens with one attached hydrogen (secondary N) is 1. The first-order valence-corrected chi connectivity index (χ1v) is 7.37. The quantitative estimate of drug-likeness (QED) is 0.779. The van der Waals surface area contributed by atoms with E-state index in [1.54, 1.807) is 48.8 Å². The number of amides is 1. The molecule has 1 N–H and O–H groups in total. The van der Waals surface area contributed by atoms with Crippen LogP contribution in [0.3, 0.4) is 0 Å². The second-order valence-corrected chi connectivity index (χ2v) is 5.19. The molecule has 0 aliphatic rings. The van der Waals surface area contributed by atoms with Gasteiger partial charge in [-0.1, -0.05) is 11.6 Å². The van der Waals surface area contributed by atoms with Crippen LogP contribution in [0.2, 0.25) is 5.02 Å². The van der Waals surface area contributed by atoms with Gasteiger partial charge in [-0.25, -0.2) is 0 Å². The van der Waals surface area contributed by atoms with E-state index in [4.69, 9.17) is 16.0 Å². The largest absolute Gasteiger partial charge is 0.421 e. The van der Waals surface area contributed by atoms with Gasteiger partial charge in [0.25, 0.3) is 5.91 Å². The standard InChI is InChI=1S/C16H13ClN4O2/c17-13-3-1-11(2-4-13)15(22)19-10-7-14-20-21-16(23-14)12-5-8-18-9-6-12/h1-6,8-9H,7,10H2,(H,19,22). The minimum atomic E-state index is -0.171. The fourth-order valence-corrected chi connectivity index (χ4v) is 2.08. The zero-order chi connectivity index (χ0) is 16.1. The van der Waals surface area contributed by atoms with Gasteiger partial charge < -0.3 is 9.73 Å². The lowest BCUT2D eigenvalue weighted by atomic mass is 10.2. The third-order valence-electron chi connectivity index (χ3n) is 3.12. The maximum Gasteiger partial charge on any atom is 0.251 e. The minimum Gasteiger partial charge on any atom is -0.421 e. The lowest BCUT2D eigenvalue weighted by Crippen LogP contribution is -2.25. The van der Waals surface area contributed by atoms with Crippen LogP contribution in [0.25, 0.3) is 11.5 Å². The van der Waals surface area contributed by atoms with Gasteiger partial charge in [0.05, 0.1) is 0 Å². The molecule has 116 valence electrons. The Labute approximate surface area is 137 Å². The smallest absolute Gasteiger partial charge is 0.251 e. The SMILES string of the molecule is O=C(NCCc1nnc(-c2ccncc2)o1)c1ccc(Cl)cc1. The van der Waals surface area contributed by atoms with Crippen LogP contribution >= 0.6 is 11.6 Å². The van der Waals surface area contributed by atoms with Gasteiger partial charge in [-0.15, -0.1) is 10.2 Å². The monoisotopic (exact) mass is 328 g/mol. The first-order valence-electron chi connectivity index (χ1n) is 6.99. The predicted molar refractivity (Wildman–Crippen MR) is 85.0 cm³/mol. The van der Waals surface area contributed by atoms with Gasteiger partial charge in [-0.05, 0) is 36.4 Å². The van der Waals surface area contributed by atoms with Crippen molar-refractivity contribution in [1.29, 1.82) is 0 Å². The van der Waals surface area contributed by atoms with Gasteiger partial charge in [-0.3, -0.25) is 9.78 Å². The molecular weight excluding hydrogens is 316 g/mol. The Morgan fingerprint density at radius 2 is 1.83 bits per heavy atom. The van der Waals surface area contributed by atoms with Gasteiger partial charge in [0.1, 0.15) is 0 Å². The topological polar surface area (TPSA) is 80.9 Å². The van der Waals surface area contributed by atoms with Crippen LogP contribution in [0.15, 0.2) is 53.2 Å². The number of aromatic nitrogens is 3. The number of hydrogen-bond donors (Lipinski definition) is 1. The lowest BCUT2D eigenvalue weighted by Gasteiger charge is -2.03. The summed E-state index contributed by atoms with van der Waals surface area (Å²) in [5, 5.41) is 11.3. The van der Waals surface area contributed by atoms with E-state index in [2.05, 4.69) is 20.5 Å². The molecule has 0 fully saturated rings. The second kappa shape index (κ2) is 7.02. The van der Waals surface area contributed by atoms with E-state index < -0.39 is 0 Å². The molecule has 0 aliphatic carbocycles. The van der Waals surface area contributed by atoms with E-state index in [-0.39, 0.29) is 5.91 Å². The molecule has 0 spiro atoms. The number of halogens is 1. The Morgan fingerprint density at radius 1 is 1.09 bits per heavy atom. The number of carbonyl (C=O) groups is 1. The fraction of sp³-hybridized carbons (Fsp3) is 0.125. The van der Waals surface area contributed by atoms with Gasteiger partial charge in [0.15, 0.2) is 0 Å². The molecule has 1 amide bonds. The van der Waals surface area contributed by atoms with Gasteiger partial charge in [0.2, 0.25) is 11.8 Å². The Hall–Kier alpha value is -2.73. The predicted octanol–water partition coefficient (Wildman–Crippen LogP) is 2.76. The maximum atomic E-state index is 11.9. The third-order valence-corrected chi connectivity index (χ3v) is 3.38. The highest BCUT2D eigenvalue weighted by atomic mass is 35.5. The molecule has 0 unspecified atom stereocenters. The van der Waals surface area contributed by atoms with Crippen molar-refractivity contribution >= 4 is 17.5 Å². The van der Waals surface area contributed by atoms with E-state index in [9.17, 15) is 4.79 Å². The number of benzene rings is 1. The number of hydrogen-bond acceptors (Lipinski definition) is 5. The number of nitrogens with zero attached hydrogens (tertiary/aromatic N) is 3. The Morgan fingerprint density at radius 3 is 2.57 bits per heavy atom. The first-order chi connectivity index (χ1) is 11.2. The van der Waals surface area contributed by atoms with Gasteiger partial charge in [0, 0.05) is 41.5 Å². The summed E-state index contributed by atoms with van der Waals surface area (Å²) < 4.78 is 5.55. The van der Waals surface area contributed by atoms with Crippen molar-refractivity contribution in [2.75, 3.05) is 6.54 Å². The normalized spacial score (nSPS) is 10.5. The molecular formula is C16H13ClN4O2. The van der Waals surface area contributed by atoms with Crippen LogP contribution in [0.4, 0.5) is 0 Å². The van der Waals surface area contributed by atoms with Gasteiger partial charge >= 0.3 is 0 Å². The van der Waals surface area contributed by atoms with Gasteiger partial charge in [-0.2, -0.15) is 0 Å². The highest BCUT2D eigenvalue weighted by Gasteiger charge is 2.09. The van der Waals surface area contributed by atoms with E-state index >= 15 is 0 Å². The summed E-state index contributed by atoms with van der Waals surface area (Å²) in [4.78, 5) is 15.9. The highest BCUT2D eigenvalue weighted by molar-refractivity contribution is 6.30. The molecule has 2 heterocycles. The molecule has 6 nitrogen and oxygen atoms in total. The van der Waals surface area contributed by atoms with Crippen molar-refractivity contribution in [1.82, 2.24) is 20.5 Å². The van der Waals surface area contributed by atoms with Crippen molar-refractivity contribution in [3.05, 3.63) is 65.3 Å². The molecule has 0 aliphatic heterocycles. The fourth-order valence-electron chi connectivity index (χ4n) is 1.95. The summed E-state index contributed by atoms with van der Waals surface area (Å²) >= 11 is 5.79. The Bertz CT molecular complexity index is 787. The summed E-state index contributed by atoms with van der Waals surface area (Å²) in [5.74, 6) is 0.732. The molecule has 0 saturated carbocycles. The van der Waals surface area contributed by atoms with Crippen LogP contribution in [-0.2, 0) is 6.42 Å². The minimum absolute atomic E-state index is 0.171. The molecule has 0 atom stereocenters. The number of pyridine rings is 1. The van der Waals surface area contributed by atoms with E-state index in [1.165, 1.54) is 0 Å². The van der Waals surface area contributed by atoms with E-state index in [0.29, 0.717) is 35.3 Å². The van der Waals surface area contributed by atoms with Crippen LogP contribution in [0.5, 0.6) is 0 Å². The average Bonchev–Trinajstić information content (AvgIpc) is 3.05. The summed E-state index contributed by atoms with van der Waals surface area (Å²) in [6.45, 7) is 0.402. The zero-order valence-electron chi connectivity index (χ0n) is 12.1. The van der Waals surface area contributed by atoms with Crippen molar-refractivity contribution in [2.24, 2.45) is 0 Å². The Balaban J connectivity index is 1.54. The van der Waals surface area contributed by atoms with Crippen LogP contribution in [-0.4, -0.2) is 27.6 Å². The Kier molecular flexibility index (Phi) is 4.63. The highest BCUT2D eigenvalue weighted by Crippen LogP contribution is 2.16. The average molecular weight is 329 g/mol.